The number of nitrogens with two attached hydrogens (primary N) is 1. The Bertz CT molecular complexity index is 1530. The van der Waals surface area contributed by atoms with Crippen molar-refractivity contribution in [1.82, 2.24) is 0 Å². The summed E-state index contributed by atoms with van der Waals surface area (Å²) in [6.07, 6.45) is 82.2. The van der Waals surface area contributed by atoms with Gasteiger partial charge in [-0.25, -0.2) is 4.57 Å². The van der Waals surface area contributed by atoms with E-state index in [1.165, 1.54) is 180 Å². The summed E-state index contributed by atoms with van der Waals surface area (Å²) in [5, 5.41) is 0. The predicted octanol–water partition coefficient (Wildman–Crippen LogP) is 20.6. The predicted molar refractivity (Wildman–Crippen MR) is 330 cm³/mol. The molecule has 0 aromatic rings. The normalized spacial score (nSPS) is 13.6. The zero-order chi connectivity index (χ0) is 55.9. The van der Waals surface area contributed by atoms with E-state index in [1.54, 1.807) is 0 Å². The summed E-state index contributed by atoms with van der Waals surface area (Å²) in [6, 6.07) is 0. The summed E-state index contributed by atoms with van der Waals surface area (Å²) in [5.74, 6) is -0.824. The van der Waals surface area contributed by atoms with E-state index < -0.39 is 26.5 Å². The summed E-state index contributed by atoms with van der Waals surface area (Å²) in [7, 11) is -4.39. The maximum absolute atomic E-state index is 12.7. The first-order valence-electron chi connectivity index (χ1n) is 32.1. The van der Waals surface area contributed by atoms with E-state index in [1.807, 2.05) is 0 Å². The van der Waals surface area contributed by atoms with E-state index in [2.05, 4.69) is 98.9 Å². The van der Waals surface area contributed by atoms with E-state index in [0.29, 0.717) is 6.42 Å². The molecule has 0 aromatic carbocycles. The first-order valence-corrected chi connectivity index (χ1v) is 33.6. The number of rotatable bonds is 60. The molecule has 0 aliphatic rings. The minimum atomic E-state index is -4.39. The molecule has 0 aliphatic carbocycles. The fourth-order valence-corrected chi connectivity index (χ4v) is 9.81. The van der Waals surface area contributed by atoms with Gasteiger partial charge in [-0.15, -0.1) is 0 Å². The number of carbonyl (C=O) groups excluding carboxylic acids is 2. The maximum Gasteiger partial charge on any atom is 0.472 e. The van der Waals surface area contributed by atoms with Gasteiger partial charge in [-0.2, -0.15) is 0 Å². The minimum Gasteiger partial charge on any atom is -0.462 e. The van der Waals surface area contributed by atoms with Crippen LogP contribution in [0.4, 0.5) is 0 Å². The number of hydrogen-bond donors (Lipinski definition) is 2. The first-order chi connectivity index (χ1) is 37.8. The Hall–Kier alpha value is -2.81. The quantitative estimate of drug-likeness (QED) is 0.0264. The lowest BCUT2D eigenvalue weighted by molar-refractivity contribution is -0.161. The van der Waals surface area contributed by atoms with Crippen molar-refractivity contribution in [2.75, 3.05) is 26.4 Å². The highest BCUT2D eigenvalue weighted by molar-refractivity contribution is 7.47. The van der Waals surface area contributed by atoms with Gasteiger partial charge in [0.05, 0.1) is 13.2 Å². The molecule has 0 heterocycles. The Morgan fingerprint density at radius 2 is 0.714 bits per heavy atom. The lowest BCUT2D eigenvalue weighted by Gasteiger charge is -2.19. The minimum absolute atomic E-state index is 0.0507. The van der Waals surface area contributed by atoms with E-state index >= 15 is 0 Å². The van der Waals surface area contributed by atoms with Crippen molar-refractivity contribution in [3.8, 4) is 0 Å². The van der Waals surface area contributed by atoms with Crippen LogP contribution >= 0.6 is 7.82 Å². The average Bonchev–Trinajstić information content (AvgIpc) is 3.42. The van der Waals surface area contributed by atoms with Crippen LogP contribution in [-0.2, 0) is 32.7 Å². The van der Waals surface area contributed by atoms with E-state index in [4.69, 9.17) is 24.3 Å². The van der Waals surface area contributed by atoms with Gasteiger partial charge < -0.3 is 20.1 Å². The number of phosphoric ester groups is 1. The highest BCUT2D eigenvalue weighted by Crippen LogP contribution is 2.43. The molecule has 0 fully saturated rings. The molecule has 0 bridgehead atoms. The molecule has 0 aromatic heterocycles. The Kier molecular flexibility index (Phi) is 60.1. The number of hydrogen-bond acceptors (Lipinski definition) is 8. The van der Waals surface area contributed by atoms with Crippen molar-refractivity contribution in [2.45, 2.75) is 302 Å². The first kappa shape index (κ1) is 74.2. The van der Waals surface area contributed by atoms with Crippen LogP contribution in [0.3, 0.4) is 0 Å². The van der Waals surface area contributed by atoms with Crippen LogP contribution in [0.5, 0.6) is 0 Å². The zero-order valence-corrected chi connectivity index (χ0v) is 50.8. The van der Waals surface area contributed by atoms with Gasteiger partial charge in [0, 0.05) is 19.4 Å². The van der Waals surface area contributed by atoms with Gasteiger partial charge in [0.15, 0.2) is 6.10 Å². The Labute approximate surface area is 474 Å². The average molecular weight is 1100 g/mol. The smallest absolute Gasteiger partial charge is 0.462 e. The Morgan fingerprint density at radius 3 is 1.06 bits per heavy atom. The van der Waals surface area contributed by atoms with Crippen LogP contribution in [0.2, 0.25) is 0 Å². The van der Waals surface area contributed by atoms with Crippen LogP contribution in [0.15, 0.2) is 85.1 Å². The Balaban J connectivity index is 3.92. The van der Waals surface area contributed by atoms with Crippen molar-refractivity contribution in [1.29, 1.82) is 0 Å². The van der Waals surface area contributed by atoms with Crippen molar-refractivity contribution >= 4 is 19.8 Å². The van der Waals surface area contributed by atoms with Crippen LogP contribution in [0, 0.1) is 0 Å². The molecule has 0 spiro atoms. The van der Waals surface area contributed by atoms with Gasteiger partial charge in [0.2, 0.25) is 0 Å². The molecule has 77 heavy (non-hydrogen) atoms. The largest absolute Gasteiger partial charge is 0.472 e. The van der Waals surface area contributed by atoms with Crippen LogP contribution in [-0.4, -0.2) is 49.3 Å². The van der Waals surface area contributed by atoms with Crippen molar-refractivity contribution < 1.29 is 37.6 Å². The van der Waals surface area contributed by atoms with E-state index in [9.17, 15) is 19.0 Å². The number of phosphoric acid groups is 1. The highest BCUT2D eigenvalue weighted by Gasteiger charge is 2.26. The monoisotopic (exact) mass is 1100 g/mol. The van der Waals surface area contributed by atoms with Gasteiger partial charge in [0.1, 0.15) is 6.61 Å². The molecule has 0 radical (unpaired) electrons. The number of carbonyl (C=O) groups is 2. The fourth-order valence-electron chi connectivity index (χ4n) is 9.05. The van der Waals surface area contributed by atoms with Gasteiger partial charge >= 0.3 is 19.8 Å². The highest BCUT2D eigenvalue weighted by atomic mass is 31.2. The molecular formula is C67H120NO8P. The lowest BCUT2D eigenvalue weighted by atomic mass is 10.0. The van der Waals surface area contributed by atoms with E-state index in [-0.39, 0.29) is 38.6 Å². The molecule has 0 aliphatic heterocycles. The fraction of sp³-hybridized carbons (Fsp3) is 0.761. The molecule has 0 amide bonds. The molecule has 0 saturated carbocycles. The molecule has 10 heteroatoms. The molecule has 2 unspecified atom stereocenters. The third-order valence-corrected chi connectivity index (χ3v) is 14.7. The van der Waals surface area contributed by atoms with Crippen LogP contribution in [0.1, 0.15) is 296 Å². The van der Waals surface area contributed by atoms with Crippen molar-refractivity contribution in [3.05, 3.63) is 85.1 Å². The summed E-state index contributed by atoms with van der Waals surface area (Å²) in [4.78, 5) is 35.3. The van der Waals surface area contributed by atoms with Gasteiger partial charge in [0.25, 0.3) is 0 Å². The third kappa shape index (κ3) is 62.3. The second-order valence-electron chi connectivity index (χ2n) is 21.2. The van der Waals surface area contributed by atoms with E-state index in [0.717, 1.165) is 83.5 Å². The van der Waals surface area contributed by atoms with Crippen molar-refractivity contribution in [2.24, 2.45) is 5.73 Å². The molecule has 9 nitrogen and oxygen atoms in total. The summed E-state index contributed by atoms with van der Waals surface area (Å²) in [6.45, 7) is 3.65. The molecule has 0 rings (SSSR count). The number of ether oxygens (including phenoxy) is 2. The zero-order valence-electron chi connectivity index (χ0n) is 49.9. The topological polar surface area (TPSA) is 134 Å². The molecule has 446 valence electrons. The number of esters is 2. The standard InChI is InChI=1S/C67H120NO8P/c1-3-5-7-9-11-13-15-17-19-21-23-25-27-29-31-32-34-35-37-39-41-43-45-47-49-51-53-55-57-59-66(69)73-63-65(64-75-77(71,72)74-62-61-68)76-67(70)60-58-56-54-52-50-48-46-44-42-40-38-36-33-30-28-26-24-22-20-18-16-14-12-10-8-6-4-2/h6,8,12,14-15,17-18,20-21,23-24,26,30,33,65H,3-5,7,9-11,13,16,19,22,25,27-29,31-32,34-64,68H2,1-2H3,(H,71,72)/b8-6-,14-12-,17-15-,20-18-,23-21-,26-24-,33-30-. The van der Waals surface area contributed by atoms with Gasteiger partial charge in [-0.1, -0.05) is 279 Å². The molecule has 0 saturated heterocycles. The Morgan fingerprint density at radius 1 is 0.403 bits per heavy atom. The molecular weight excluding hydrogens is 978 g/mol. The second-order valence-corrected chi connectivity index (χ2v) is 22.7. The molecule has 3 N–H and O–H groups in total. The number of unbranched alkanes of at least 4 members (excludes halogenated alkanes) is 33. The SMILES string of the molecule is CC/C=C\C/C=C\C/C=C\C/C=C\C/C=C\CCCCCCCCCCCCCC(=O)OC(COC(=O)CCCCCCCCCCCCCCCCCCC/C=C\C/C=C\CCCCCCC)COP(=O)(O)OCCN. The lowest BCUT2D eigenvalue weighted by Crippen LogP contribution is -2.29. The van der Waals surface area contributed by atoms with Crippen molar-refractivity contribution in [3.63, 3.8) is 0 Å². The summed E-state index contributed by atoms with van der Waals surface area (Å²) < 4.78 is 33.1. The maximum atomic E-state index is 12.7. The second kappa shape index (κ2) is 62.4. The third-order valence-electron chi connectivity index (χ3n) is 13.8. The van der Waals surface area contributed by atoms with Gasteiger partial charge in [-0.05, 0) is 89.9 Å². The van der Waals surface area contributed by atoms with Crippen LogP contribution in [0.25, 0.3) is 0 Å². The summed E-state index contributed by atoms with van der Waals surface area (Å²) >= 11 is 0. The number of allylic oxidation sites excluding steroid dienone is 14. The van der Waals surface area contributed by atoms with Gasteiger partial charge in [-0.3, -0.25) is 18.6 Å². The van der Waals surface area contributed by atoms with Crippen LogP contribution < -0.4 is 5.73 Å². The molecule has 2 atom stereocenters. The summed E-state index contributed by atoms with van der Waals surface area (Å²) in [5.41, 5.74) is 5.39.